The van der Waals surface area contributed by atoms with E-state index in [0.717, 1.165) is 5.56 Å². The minimum absolute atomic E-state index is 0.0716. The Bertz CT molecular complexity index is 1010. The lowest BCUT2D eigenvalue weighted by Gasteiger charge is -2.09. The number of rotatable bonds is 7. The molecule has 0 spiro atoms. The Balaban J connectivity index is 1.63. The summed E-state index contributed by atoms with van der Waals surface area (Å²) in [5.74, 6) is -0.261. The van der Waals surface area contributed by atoms with Crippen molar-refractivity contribution in [3.63, 3.8) is 0 Å². The fourth-order valence-corrected chi connectivity index (χ4v) is 3.93. The number of methoxy groups -OCH3 is 1. The normalized spacial score (nSPS) is 10.5. The number of aromatic nitrogens is 1. The quantitative estimate of drug-likeness (QED) is 0.342. The summed E-state index contributed by atoms with van der Waals surface area (Å²) < 4.78 is 18.8. The maximum atomic E-state index is 13.0. The van der Waals surface area contributed by atoms with Gasteiger partial charge in [0.25, 0.3) is 5.69 Å². The third-order valence-electron chi connectivity index (χ3n) is 3.62. The maximum absolute atomic E-state index is 13.0. The average molecular weight is 419 g/mol. The molecule has 3 aromatic rings. The maximum Gasteiger partial charge on any atom is 0.271 e. The molecule has 0 aliphatic heterocycles. The van der Waals surface area contributed by atoms with Crippen molar-refractivity contribution in [2.45, 2.75) is 4.34 Å². The lowest BCUT2D eigenvalue weighted by atomic mass is 10.2. The number of halogens is 1. The zero-order valence-electron chi connectivity index (χ0n) is 14.5. The second-order valence-electron chi connectivity index (χ2n) is 5.48. The van der Waals surface area contributed by atoms with Crippen LogP contribution in [0.3, 0.4) is 0 Å². The molecule has 0 saturated heterocycles. The summed E-state index contributed by atoms with van der Waals surface area (Å²) >= 11 is 2.61. The lowest BCUT2D eigenvalue weighted by Crippen LogP contribution is -2.14. The number of anilines is 1. The summed E-state index contributed by atoms with van der Waals surface area (Å²) in [4.78, 5) is 27.0. The molecule has 0 aliphatic rings. The minimum Gasteiger partial charge on any atom is -0.495 e. The van der Waals surface area contributed by atoms with Gasteiger partial charge in [-0.05, 0) is 30.3 Å². The van der Waals surface area contributed by atoms with Crippen LogP contribution in [0.2, 0.25) is 0 Å². The van der Waals surface area contributed by atoms with Gasteiger partial charge in [-0.1, -0.05) is 11.8 Å². The molecule has 2 aromatic carbocycles. The van der Waals surface area contributed by atoms with Crippen LogP contribution in [0, 0.1) is 15.9 Å². The van der Waals surface area contributed by atoms with Gasteiger partial charge in [0.05, 0.1) is 29.2 Å². The molecule has 1 amide bonds. The van der Waals surface area contributed by atoms with Crippen LogP contribution >= 0.6 is 23.1 Å². The van der Waals surface area contributed by atoms with E-state index < -0.39 is 4.92 Å². The van der Waals surface area contributed by atoms with Crippen molar-refractivity contribution in [1.82, 2.24) is 4.98 Å². The Labute approximate surface area is 167 Å². The Morgan fingerprint density at radius 2 is 2.07 bits per heavy atom. The summed E-state index contributed by atoms with van der Waals surface area (Å²) in [6.07, 6.45) is 0. The van der Waals surface area contributed by atoms with Crippen LogP contribution in [0.5, 0.6) is 5.75 Å². The number of thiazole rings is 1. The summed E-state index contributed by atoms with van der Waals surface area (Å²) in [5, 5.41) is 15.4. The van der Waals surface area contributed by atoms with E-state index in [1.807, 2.05) is 5.38 Å². The van der Waals surface area contributed by atoms with E-state index in [-0.39, 0.29) is 28.9 Å². The molecule has 0 saturated carbocycles. The third kappa shape index (κ3) is 4.84. The predicted molar refractivity (Wildman–Crippen MR) is 107 cm³/mol. The fraction of sp³-hybridized carbons (Fsp3) is 0.111. The number of benzene rings is 2. The number of ether oxygens (including phenoxy) is 1. The molecule has 3 rings (SSSR count). The molecule has 0 aliphatic carbocycles. The van der Waals surface area contributed by atoms with Gasteiger partial charge in [-0.2, -0.15) is 0 Å². The zero-order chi connectivity index (χ0) is 20.1. The number of thioether (sulfide) groups is 1. The molecule has 0 bridgehead atoms. The van der Waals surface area contributed by atoms with Gasteiger partial charge in [0.2, 0.25) is 5.91 Å². The molecule has 0 radical (unpaired) electrons. The highest BCUT2D eigenvalue weighted by Gasteiger charge is 2.14. The smallest absolute Gasteiger partial charge is 0.271 e. The van der Waals surface area contributed by atoms with Gasteiger partial charge in [0.15, 0.2) is 4.34 Å². The van der Waals surface area contributed by atoms with Gasteiger partial charge < -0.3 is 10.1 Å². The molecular weight excluding hydrogens is 405 g/mol. The van der Waals surface area contributed by atoms with E-state index in [9.17, 15) is 19.3 Å². The molecule has 1 N–H and O–H groups in total. The van der Waals surface area contributed by atoms with Gasteiger partial charge >= 0.3 is 0 Å². The standard InChI is InChI=1S/C18H14FN3O4S2/c1-26-16-7-6-13(22(24)25)8-14(16)20-17(23)10-28-18-21-15(9-27-18)11-2-4-12(19)5-3-11/h2-9H,10H2,1H3,(H,20,23). The molecule has 10 heteroatoms. The molecule has 144 valence electrons. The summed E-state index contributed by atoms with van der Waals surface area (Å²) in [6.45, 7) is 0. The summed E-state index contributed by atoms with van der Waals surface area (Å²) in [5.41, 5.74) is 1.57. The number of nitro benzene ring substituents is 1. The number of hydrogen-bond donors (Lipinski definition) is 1. The highest BCUT2D eigenvalue weighted by atomic mass is 32.2. The Hall–Kier alpha value is -2.98. The number of nitro groups is 1. The van der Waals surface area contributed by atoms with Crippen molar-refractivity contribution in [3.8, 4) is 17.0 Å². The average Bonchev–Trinajstić information content (AvgIpc) is 3.16. The van der Waals surface area contributed by atoms with Gasteiger partial charge in [-0.25, -0.2) is 9.37 Å². The minimum atomic E-state index is -0.545. The number of amides is 1. The second-order valence-corrected chi connectivity index (χ2v) is 7.56. The topological polar surface area (TPSA) is 94.4 Å². The van der Waals surface area contributed by atoms with Crippen molar-refractivity contribution < 1.29 is 18.8 Å². The highest BCUT2D eigenvalue weighted by molar-refractivity contribution is 8.01. The van der Waals surface area contributed by atoms with Crippen molar-refractivity contribution in [2.24, 2.45) is 0 Å². The first-order valence-electron chi connectivity index (χ1n) is 7.93. The number of carbonyl (C=O) groups is 1. The SMILES string of the molecule is COc1ccc([N+](=O)[O-])cc1NC(=O)CSc1nc(-c2ccc(F)cc2)cs1. The van der Waals surface area contributed by atoms with Crippen LogP contribution in [-0.4, -0.2) is 28.7 Å². The van der Waals surface area contributed by atoms with Crippen LogP contribution in [0.1, 0.15) is 0 Å². The van der Waals surface area contributed by atoms with E-state index >= 15 is 0 Å². The van der Waals surface area contributed by atoms with Crippen molar-refractivity contribution in [1.29, 1.82) is 0 Å². The van der Waals surface area contributed by atoms with Crippen LogP contribution in [-0.2, 0) is 4.79 Å². The molecule has 0 unspecified atom stereocenters. The third-order valence-corrected chi connectivity index (χ3v) is 5.64. The van der Waals surface area contributed by atoms with Gasteiger partial charge in [0, 0.05) is 23.1 Å². The van der Waals surface area contributed by atoms with E-state index in [2.05, 4.69) is 10.3 Å². The lowest BCUT2D eigenvalue weighted by molar-refractivity contribution is -0.384. The number of nitrogens with zero attached hydrogens (tertiary/aromatic N) is 2. The Kier molecular flexibility index (Phi) is 6.22. The largest absolute Gasteiger partial charge is 0.495 e. The molecule has 7 nitrogen and oxygen atoms in total. The molecular formula is C18H14FN3O4S2. The number of non-ortho nitro benzene ring substituents is 1. The monoisotopic (exact) mass is 419 g/mol. The van der Waals surface area contributed by atoms with Crippen molar-refractivity contribution in [2.75, 3.05) is 18.2 Å². The van der Waals surface area contributed by atoms with Crippen molar-refractivity contribution >= 4 is 40.4 Å². The van der Waals surface area contributed by atoms with Gasteiger partial charge in [-0.3, -0.25) is 14.9 Å². The summed E-state index contributed by atoms with van der Waals surface area (Å²) in [7, 11) is 1.41. The van der Waals surface area contributed by atoms with Gasteiger partial charge in [-0.15, -0.1) is 11.3 Å². The number of nitrogens with one attached hydrogen (secondary N) is 1. The Morgan fingerprint density at radius 3 is 2.75 bits per heavy atom. The molecule has 1 heterocycles. The Morgan fingerprint density at radius 1 is 1.32 bits per heavy atom. The first-order chi connectivity index (χ1) is 13.5. The van der Waals surface area contributed by atoms with E-state index in [1.165, 1.54) is 60.5 Å². The van der Waals surface area contributed by atoms with Gasteiger partial charge in [0.1, 0.15) is 11.6 Å². The number of carbonyl (C=O) groups excluding carboxylic acids is 1. The van der Waals surface area contributed by atoms with E-state index in [0.29, 0.717) is 15.8 Å². The van der Waals surface area contributed by atoms with Crippen LogP contribution < -0.4 is 10.1 Å². The molecule has 0 atom stereocenters. The van der Waals surface area contributed by atoms with Crippen LogP contribution in [0.4, 0.5) is 15.8 Å². The van der Waals surface area contributed by atoms with Crippen LogP contribution in [0.25, 0.3) is 11.3 Å². The van der Waals surface area contributed by atoms with Crippen molar-refractivity contribution in [3.05, 3.63) is 63.8 Å². The predicted octanol–water partition coefficient (Wildman–Crippen LogP) is 4.60. The zero-order valence-corrected chi connectivity index (χ0v) is 16.2. The second kappa shape index (κ2) is 8.81. The van der Waals surface area contributed by atoms with E-state index in [4.69, 9.17) is 4.74 Å². The number of hydrogen-bond acceptors (Lipinski definition) is 7. The molecule has 0 fully saturated rings. The fourth-order valence-electron chi connectivity index (χ4n) is 2.30. The first kappa shape index (κ1) is 19.8. The van der Waals surface area contributed by atoms with Crippen LogP contribution in [0.15, 0.2) is 52.2 Å². The van der Waals surface area contributed by atoms with E-state index in [1.54, 1.807) is 12.1 Å². The summed E-state index contributed by atoms with van der Waals surface area (Å²) in [6, 6.07) is 9.98. The first-order valence-corrected chi connectivity index (χ1v) is 9.79. The molecule has 1 aromatic heterocycles. The molecule has 28 heavy (non-hydrogen) atoms. The highest BCUT2D eigenvalue weighted by Crippen LogP contribution is 2.31.